The number of cyclic esters (lactones) is 1. The molecule has 4 aromatic rings. The number of carbonyl (C=O) groups excluding carboxylic acids is 2. The number of likely N-dealkylation sites (N-methyl/N-ethyl adjacent to an activating group) is 1. The summed E-state index contributed by atoms with van der Waals surface area (Å²) >= 11 is 0. The number of amides is 2. The van der Waals surface area contributed by atoms with E-state index >= 15 is 0 Å². The summed E-state index contributed by atoms with van der Waals surface area (Å²) in [5.41, 5.74) is 9.39. The van der Waals surface area contributed by atoms with Gasteiger partial charge in [0, 0.05) is 42.5 Å². The summed E-state index contributed by atoms with van der Waals surface area (Å²) in [6, 6.07) is 19.4. The minimum absolute atomic E-state index is 0.0210. The van der Waals surface area contributed by atoms with Crippen LogP contribution in [0, 0.1) is 5.92 Å². The Labute approximate surface area is 261 Å². The Morgan fingerprint density at radius 3 is 2.56 bits per heavy atom. The largest absolute Gasteiger partial charge is 0.449 e. The van der Waals surface area contributed by atoms with E-state index in [4.69, 9.17) is 10.5 Å². The first-order chi connectivity index (χ1) is 21.7. The molecule has 2 amide bonds. The van der Waals surface area contributed by atoms with Crippen LogP contribution in [0.2, 0.25) is 0 Å². The van der Waals surface area contributed by atoms with Crippen LogP contribution in [0.15, 0.2) is 77.8 Å². The van der Waals surface area contributed by atoms with E-state index in [0.29, 0.717) is 35.8 Å². The summed E-state index contributed by atoms with van der Waals surface area (Å²) < 4.78 is 32.5. The van der Waals surface area contributed by atoms with Gasteiger partial charge in [-0.1, -0.05) is 24.3 Å². The predicted molar refractivity (Wildman–Crippen MR) is 173 cm³/mol. The van der Waals surface area contributed by atoms with E-state index < -0.39 is 27.2 Å². The van der Waals surface area contributed by atoms with Crippen LogP contribution in [0.5, 0.6) is 0 Å². The summed E-state index contributed by atoms with van der Waals surface area (Å²) in [7, 11) is -1.92. The average molecular weight is 626 g/mol. The molecule has 10 nitrogen and oxygen atoms in total. The fourth-order valence-corrected chi connectivity index (χ4v) is 8.07. The number of hydrogen-bond acceptors (Lipinski definition) is 8. The zero-order valence-corrected chi connectivity index (χ0v) is 25.7. The lowest BCUT2D eigenvalue weighted by Gasteiger charge is -2.27. The number of sulfone groups is 1. The van der Waals surface area contributed by atoms with Crippen molar-refractivity contribution in [3.63, 3.8) is 0 Å². The Balaban J connectivity index is 1.31. The average Bonchev–Trinajstić information content (AvgIpc) is 3.94. The first kappa shape index (κ1) is 29.1. The summed E-state index contributed by atoms with van der Waals surface area (Å²) in [6.45, 7) is 0.209. The van der Waals surface area contributed by atoms with Crippen molar-refractivity contribution < 1.29 is 22.7 Å². The first-order valence-corrected chi connectivity index (χ1v) is 16.8. The summed E-state index contributed by atoms with van der Waals surface area (Å²) in [6.07, 6.45) is 4.35. The van der Waals surface area contributed by atoms with Crippen LogP contribution in [0.1, 0.15) is 54.3 Å². The van der Waals surface area contributed by atoms with E-state index in [2.05, 4.69) is 15.6 Å². The molecule has 2 aliphatic carbocycles. The zero-order valence-electron chi connectivity index (χ0n) is 24.9. The number of nitrogens with two attached hydrogens (primary N) is 1. The number of ether oxygens (including phenoxy) is 1. The highest BCUT2D eigenvalue weighted by atomic mass is 32.2. The van der Waals surface area contributed by atoms with E-state index in [1.54, 1.807) is 25.4 Å². The number of pyridine rings is 1. The molecule has 3 aromatic carbocycles. The number of nitrogens with one attached hydrogen (secondary N) is 2. The van der Waals surface area contributed by atoms with Gasteiger partial charge in [0.2, 0.25) is 5.91 Å². The lowest BCUT2D eigenvalue weighted by Crippen LogP contribution is -2.35. The normalized spacial score (nSPS) is 21.0. The van der Waals surface area contributed by atoms with Crippen molar-refractivity contribution >= 4 is 49.8 Å². The van der Waals surface area contributed by atoms with Gasteiger partial charge in [-0.3, -0.25) is 10.1 Å². The molecular formula is C34H35N5O5S. The number of carbonyl (C=O) groups is 2. The van der Waals surface area contributed by atoms with E-state index in [-0.39, 0.29) is 29.9 Å². The fourth-order valence-electron chi connectivity index (χ4n) is 6.21. The van der Waals surface area contributed by atoms with Crippen LogP contribution in [-0.2, 0) is 25.9 Å². The minimum Gasteiger partial charge on any atom is -0.449 e. The number of fused-ring (bicyclic) bond motifs is 5. The number of anilines is 3. The smallest absolute Gasteiger partial charge is 0.411 e. The quantitative estimate of drug-likeness (QED) is 0.259. The molecule has 2 fully saturated rings. The van der Waals surface area contributed by atoms with Gasteiger partial charge in [0.05, 0.1) is 10.1 Å². The SMILES string of the molecule is CN1Cc2cc(ccc2S(=O)(=O)C2CC2)NC(=O)OCC(C2CC2)c2cccc(c2)C(Nc2ccc3c(N)nccc3c2)C1=O. The zero-order chi connectivity index (χ0) is 31.3. The van der Waals surface area contributed by atoms with Gasteiger partial charge in [0.25, 0.3) is 0 Å². The first-order valence-electron chi connectivity index (χ1n) is 15.2. The van der Waals surface area contributed by atoms with Gasteiger partial charge in [0.15, 0.2) is 9.84 Å². The van der Waals surface area contributed by atoms with Gasteiger partial charge >= 0.3 is 6.09 Å². The molecule has 11 heteroatoms. The lowest BCUT2D eigenvalue weighted by molar-refractivity contribution is -0.131. The summed E-state index contributed by atoms with van der Waals surface area (Å²) in [5, 5.41) is 7.49. The van der Waals surface area contributed by atoms with Crippen LogP contribution in [0.3, 0.4) is 0 Å². The van der Waals surface area contributed by atoms with Crippen molar-refractivity contribution in [2.24, 2.45) is 5.92 Å². The summed E-state index contributed by atoms with van der Waals surface area (Å²) in [5.74, 6) is 0.551. The minimum atomic E-state index is -3.58. The Morgan fingerprint density at radius 2 is 1.78 bits per heavy atom. The van der Waals surface area contributed by atoms with Gasteiger partial charge in [-0.2, -0.15) is 0 Å². The Hall–Kier alpha value is -4.64. The molecule has 2 unspecified atom stereocenters. The van der Waals surface area contributed by atoms with Crippen molar-refractivity contribution in [2.75, 3.05) is 30.0 Å². The molecule has 3 aliphatic rings. The van der Waals surface area contributed by atoms with Crippen LogP contribution in [0.25, 0.3) is 10.8 Å². The molecule has 232 valence electrons. The number of nitrogen functional groups attached to an aromatic ring is 1. The van der Waals surface area contributed by atoms with E-state index in [9.17, 15) is 18.0 Å². The third-order valence-electron chi connectivity index (χ3n) is 8.97. The van der Waals surface area contributed by atoms with Crippen LogP contribution < -0.4 is 16.4 Å². The number of rotatable bonds is 5. The molecule has 4 N–H and O–H groups in total. The van der Waals surface area contributed by atoms with E-state index in [0.717, 1.165) is 40.4 Å². The number of nitrogens with zero attached hydrogens (tertiary/aromatic N) is 2. The van der Waals surface area contributed by atoms with Crippen molar-refractivity contribution in [1.82, 2.24) is 9.88 Å². The molecule has 4 bridgehead atoms. The maximum atomic E-state index is 14.4. The maximum Gasteiger partial charge on any atom is 0.411 e. The van der Waals surface area contributed by atoms with Gasteiger partial charge in [-0.15, -0.1) is 0 Å². The second-order valence-corrected chi connectivity index (χ2v) is 14.5. The monoisotopic (exact) mass is 625 g/mol. The maximum absolute atomic E-state index is 14.4. The number of hydrogen-bond donors (Lipinski definition) is 3. The van der Waals surface area contributed by atoms with Gasteiger partial charge in [0.1, 0.15) is 18.5 Å². The number of aromatic nitrogens is 1. The molecule has 2 atom stereocenters. The third-order valence-corrected chi connectivity index (χ3v) is 11.3. The Kier molecular flexibility index (Phi) is 7.35. The van der Waals surface area contributed by atoms with Crippen LogP contribution in [0.4, 0.5) is 22.0 Å². The second-order valence-electron chi connectivity index (χ2n) is 12.3. The van der Waals surface area contributed by atoms with Gasteiger partial charge in [-0.05, 0) is 96.1 Å². The Morgan fingerprint density at radius 1 is 0.978 bits per heavy atom. The highest BCUT2D eigenvalue weighted by Gasteiger charge is 2.39. The highest BCUT2D eigenvalue weighted by Crippen LogP contribution is 2.43. The molecule has 7 rings (SSSR count). The highest BCUT2D eigenvalue weighted by molar-refractivity contribution is 7.92. The van der Waals surface area contributed by atoms with Gasteiger partial charge in [-0.25, -0.2) is 18.2 Å². The molecule has 1 aromatic heterocycles. The van der Waals surface area contributed by atoms with Crippen LogP contribution in [-0.4, -0.2) is 49.2 Å². The Bertz CT molecular complexity index is 1920. The standard InChI is InChI=1S/C34H35N5O5S/c1-39-18-24-17-26(8-12-30(24)45(42,43)27-9-10-27)38-34(41)44-19-29(20-5-6-20)21-3-2-4-23(15-21)31(33(39)40)37-25-7-11-28-22(16-25)13-14-36-32(28)35/h2-4,7-8,11-17,20,27,29,31,37H,5-6,9-10,18-19H2,1H3,(H2,35,36)(H,38,41). The molecule has 2 saturated carbocycles. The molecule has 0 saturated heterocycles. The lowest BCUT2D eigenvalue weighted by atomic mass is 9.91. The van der Waals surface area contributed by atoms with Crippen molar-refractivity contribution in [3.8, 4) is 0 Å². The predicted octanol–water partition coefficient (Wildman–Crippen LogP) is 5.62. The van der Waals surface area contributed by atoms with Crippen molar-refractivity contribution in [3.05, 3.63) is 89.6 Å². The molecule has 0 spiro atoms. The second kappa shape index (κ2) is 11.4. The fraction of sp³-hybridized carbons (Fsp3) is 0.324. The molecular weight excluding hydrogens is 590 g/mol. The topological polar surface area (TPSA) is 144 Å². The third kappa shape index (κ3) is 5.92. The summed E-state index contributed by atoms with van der Waals surface area (Å²) in [4.78, 5) is 33.2. The van der Waals surface area contributed by atoms with Crippen molar-refractivity contribution in [1.29, 1.82) is 0 Å². The van der Waals surface area contributed by atoms with E-state index in [1.165, 1.54) is 11.0 Å². The molecule has 0 radical (unpaired) electrons. The van der Waals surface area contributed by atoms with Crippen molar-refractivity contribution in [2.45, 2.75) is 54.3 Å². The molecule has 2 heterocycles. The number of benzene rings is 3. The molecule has 1 aliphatic heterocycles. The molecule has 45 heavy (non-hydrogen) atoms. The van der Waals surface area contributed by atoms with E-state index in [1.807, 2.05) is 48.5 Å². The van der Waals surface area contributed by atoms with Crippen LogP contribution >= 0.6 is 0 Å². The van der Waals surface area contributed by atoms with Gasteiger partial charge < -0.3 is 20.7 Å².